The van der Waals surface area contributed by atoms with Crippen molar-refractivity contribution >= 4 is 5.91 Å². The average molecular weight is 270 g/mol. The molecule has 1 N–H and O–H groups in total. The molecule has 1 amide bonds. The van der Waals surface area contributed by atoms with Crippen molar-refractivity contribution < 1.29 is 9.53 Å². The van der Waals surface area contributed by atoms with Crippen LogP contribution in [0, 0.1) is 11.8 Å². The Morgan fingerprint density at radius 3 is 2.58 bits per heavy atom. The summed E-state index contributed by atoms with van der Waals surface area (Å²) in [7, 11) is 1.74. The summed E-state index contributed by atoms with van der Waals surface area (Å²) >= 11 is 0. The van der Waals surface area contributed by atoms with Crippen LogP contribution in [0.5, 0.6) is 0 Å². The third-order valence-electron chi connectivity index (χ3n) is 3.82. The molecule has 1 heterocycles. The summed E-state index contributed by atoms with van der Waals surface area (Å²) in [6, 6.07) is 0.162. The van der Waals surface area contributed by atoms with Gasteiger partial charge in [0.2, 0.25) is 5.91 Å². The van der Waals surface area contributed by atoms with E-state index in [4.69, 9.17) is 4.74 Å². The number of amides is 1. The van der Waals surface area contributed by atoms with Crippen molar-refractivity contribution in [2.75, 3.05) is 26.7 Å². The van der Waals surface area contributed by atoms with Crippen LogP contribution in [-0.2, 0) is 9.53 Å². The molecule has 0 bridgehead atoms. The number of carbonyl (C=O) groups excluding carboxylic acids is 1. The van der Waals surface area contributed by atoms with Gasteiger partial charge in [0.1, 0.15) is 0 Å². The zero-order valence-electron chi connectivity index (χ0n) is 13.1. The Morgan fingerprint density at radius 2 is 2.05 bits per heavy atom. The molecule has 1 rings (SSSR count). The number of rotatable bonds is 6. The van der Waals surface area contributed by atoms with Gasteiger partial charge in [0.15, 0.2) is 0 Å². The molecule has 112 valence electrons. The smallest absolute Gasteiger partial charge is 0.222 e. The summed E-state index contributed by atoms with van der Waals surface area (Å²) in [4.78, 5) is 14.2. The van der Waals surface area contributed by atoms with Crippen molar-refractivity contribution in [2.45, 2.75) is 52.7 Å². The van der Waals surface area contributed by atoms with Gasteiger partial charge in [-0.15, -0.1) is 0 Å². The zero-order valence-corrected chi connectivity index (χ0v) is 13.1. The molecule has 2 atom stereocenters. The van der Waals surface area contributed by atoms with Crippen LogP contribution < -0.4 is 5.32 Å². The van der Waals surface area contributed by atoms with Crippen molar-refractivity contribution in [3.05, 3.63) is 0 Å². The maximum absolute atomic E-state index is 11.8. The maximum atomic E-state index is 11.8. The Hall–Kier alpha value is -0.610. The monoisotopic (exact) mass is 270 g/mol. The lowest BCUT2D eigenvalue weighted by Crippen LogP contribution is -2.55. The Labute approximate surface area is 117 Å². The lowest BCUT2D eigenvalue weighted by Gasteiger charge is -2.38. The van der Waals surface area contributed by atoms with E-state index in [9.17, 15) is 4.79 Å². The molecule has 1 saturated heterocycles. The molecule has 0 radical (unpaired) electrons. The predicted molar refractivity (Wildman–Crippen MR) is 78.1 cm³/mol. The lowest BCUT2D eigenvalue weighted by atomic mass is 9.99. The van der Waals surface area contributed by atoms with Gasteiger partial charge in [0.25, 0.3) is 0 Å². The van der Waals surface area contributed by atoms with Gasteiger partial charge >= 0.3 is 0 Å². The molecule has 0 aromatic rings. The standard InChI is InChI=1S/C15H30N2O2/c1-11(2)6-8-17-9-7-13(14(10-17)19-5)16-15(18)12(3)4/h11-14H,6-10H2,1-5H3,(H,16,18)/t13-,14+/m1/s1. The highest BCUT2D eigenvalue weighted by atomic mass is 16.5. The highest BCUT2D eigenvalue weighted by molar-refractivity contribution is 5.78. The van der Waals surface area contributed by atoms with Gasteiger partial charge < -0.3 is 15.0 Å². The van der Waals surface area contributed by atoms with E-state index < -0.39 is 0 Å². The number of nitrogens with zero attached hydrogens (tertiary/aromatic N) is 1. The Bertz CT molecular complexity index is 279. The van der Waals surface area contributed by atoms with E-state index in [0.717, 1.165) is 32.0 Å². The van der Waals surface area contributed by atoms with Gasteiger partial charge in [0.05, 0.1) is 12.1 Å². The zero-order chi connectivity index (χ0) is 14.4. The number of ether oxygens (including phenoxy) is 1. The number of methoxy groups -OCH3 is 1. The summed E-state index contributed by atoms with van der Waals surface area (Å²) in [5, 5.41) is 3.11. The molecular formula is C15H30N2O2. The molecule has 4 nitrogen and oxygen atoms in total. The van der Waals surface area contributed by atoms with Gasteiger partial charge in [-0.25, -0.2) is 0 Å². The van der Waals surface area contributed by atoms with E-state index in [1.807, 2.05) is 13.8 Å². The predicted octanol–water partition coefficient (Wildman–Crippen LogP) is 1.89. The summed E-state index contributed by atoms with van der Waals surface area (Å²) < 4.78 is 5.57. The molecule has 1 aliphatic heterocycles. The highest BCUT2D eigenvalue weighted by Gasteiger charge is 2.30. The Balaban J connectivity index is 2.44. The fourth-order valence-corrected chi connectivity index (χ4v) is 2.38. The van der Waals surface area contributed by atoms with Gasteiger partial charge in [-0.3, -0.25) is 4.79 Å². The van der Waals surface area contributed by atoms with Crippen molar-refractivity contribution in [1.29, 1.82) is 0 Å². The minimum absolute atomic E-state index is 0.0384. The number of hydrogen-bond acceptors (Lipinski definition) is 3. The van der Waals surface area contributed by atoms with E-state index in [2.05, 4.69) is 24.1 Å². The molecule has 0 spiro atoms. The van der Waals surface area contributed by atoms with Gasteiger partial charge in [0, 0.05) is 26.1 Å². The maximum Gasteiger partial charge on any atom is 0.222 e. The van der Waals surface area contributed by atoms with Crippen molar-refractivity contribution in [1.82, 2.24) is 10.2 Å². The molecule has 0 unspecified atom stereocenters. The van der Waals surface area contributed by atoms with E-state index in [1.165, 1.54) is 6.42 Å². The largest absolute Gasteiger partial charge is 0.378 e. The number of hydrogen-bond donors (Lipinski definition) is 1. The molecule has 1 fully saturated rings. The Morgan fingerprint density at radius 1 is 1.37 bits per heavy atom. The third kappa shape index (κ3) is 5.49. The summed E-state index contributed by atoms with van der Waals surface area (Å²) in [5.41, 5.74) is 0. The molecule has 0 aromatic carbocycles. The average Bonchev–Trinajstić information content (AvgIpc) is 2.37. The quantitative estimate of drug-likeness (QED) is 0.801. The first kappa shape index (κ1) is 16.4. The molecular weight excluding hydrogens is 240 g/mol. The van der Waals surface area contributed by atoms with Crippen molar-refractivity contribution in [3.63, 3.8) is 0 Å². The third-order valence-corrected chi connectivity index (χ3v) is 3.82. The van der Waals surface area contributed by atoms with Crippen molar-refractivity contribution in [3.8, 4) is 0 Å². The van der Waals surface area contributed by atoms with E-state index in [-0.39, 0.29) is 24.0 Å². The van der Waals surface area contributed by atoms with Crippen LogP contribution in [0.4, 0.5) is 0 Å². The molecule has 19 heavy (non-hydrogen) atoms. The van der Waals surface area contributed by atoms with Crippen LogP contribution in [0.1, 0.15) is 40.5 Å². The first-order valence-corrected chi connectivity index (χ1v) is 7.49. The summed E-state index contributed by atoms with van der Waals surface area (Å²) in [6.07, 6.45) is 2.32. The molecule has 1 aliphatic rings. The van der Waals surface area contributed by atoms with Gasteiger partial charge in [-0.1, -0.05) is 27.7 Å². The van der Waals surface area contributed by atoms with Crippen LogP contribution in [0.2, 0.25) is 0 Å². The van der Waals surface area contributed by atoms with Gasteiger partial charge in [-0.2, -0.15) is 0 Å². The molecule has 0 aliphatic carbocycles. The number of likely N-dealkylation sites (tertiary alicyclic amines) is 1. The van der Waals surface area contributed by atoms with E-state index in [1.54, 1.807) is 7.11 Å². The number of nitrogens with one attached hydrogen (secondary N) is 1. The first-order valence-electron chi connectivity index (χ1n) is 7.49. The van der Waals surface area contributed by atoms with Gasteiger partial charge in [-0.05, 0) is 25.3 Å². The van der Waals surface area contributed by atoms with E-state index >= 15 is 0 Å². The SMILES string of the molecule is CO[C@H]1CN(CCC(C)C)CC[C@H]1NC(=O)C(C)C. The second-order valence-corrected chi connectivity index (χ2v) is 6.32. The van der Waals surface area contributed by atoms with E-state index in [0.29, 0.717) is 0 Å². The summed E-state index contributed by atoms with van der Waals surface area (Å²) in [5.74, 6) is 0.901. The highest BCUT2D eigenvalue weighted by Crippen LogP contribution is 2.15. The number of carbonyl (C=O) groups is 1. The van der Waals surface area contributed by atoms with Crippen LogP contribution in [0.15, 0.2) is 0 Å². The minimum Gasteiger partial charge on any atom is -0.378 e. The van der Waals surface area contributed by atoms with Crippen LogP contribution in [0.3, 0.4) is 0 Å². The first-order chi connectivity index (χ1) is 8.93. The van der Waals surface area contributed by atoms with Crippen LogP contribution in [0.25, 0.3) is 0 Å². The normalized spacial score (nSPS) is 25.0. The van der Waals surface area contributed by atoms with Crippen molar-refractivity contribution in [2.24, 2.45) is 11.8 Å². The fraction of sp³-hybridized carbons (Fsp3) is 0.933. The second-order valence-electron chi connectivity index (χ2n) is 6.32. The summed E-state index contributed by atoms with van der Waals surface area (Å²) in [6.45, 7) is 11.5. The van der Waals surface area contributed by atoms with Crippen LogP contribution >= 0.6 is 0 Å². The number of piperidine rings is 1. The molecule has 0 saturated carbocycles. The van der Waals surface area contributed by atoms with Crippen LogP contribution in [-0.4, -0.2) is 49.7 Å². The second kappa shape index (κ2) is 7.85. The topological polar surface area (TPSA) is 41.6 Å². The molecule has 4 heteroatoms. The Kier molecular flexibility index (Phi) is 6.80. The lowest BCUT2D eigenvalue weighted by molar-refractivity contribution is -0.126. The molecule has 0 aromatic heterocycles. The minimum atomic E-state index is 0.0384. The fourth-order valence-electron chi connectivity index (χ4n) is 2.38.